The van der Waals surface area contributed by atoms with Crippen molar-refractivity contribution in [1.82, 2.24) is 14.5 Å². The third kappa shape index (κ3) is 3.72. The molecule has 2 aromatic heterocycles. The molecule has 24 heavy (non-hydrogen) atoms. The molecule has 0 aliphatic heterocycles. The molecule has 0 saturated heterocycles. The Morgan fingerprint density at radius 3 is 2.79 bits per heavy atom. The predicted octanol–water partition coefficient (Wildman–Crippen LogP) is 3.12. The highest BCUT2D eigenvalue weighted by Gasteiger charge is 2.10. The summed E-state index contributed by atoms with van der Waals surface area (Å²) in [6.07, 6.45) is 6.47. The van der Waals surface area contributed by atoms with Crippen LogP contribution in [-0.4, -0.2) is 27.1 Å². The fourth-order valence-corrected chi connectivity index (χ4v) is 2.02. The maximum absolute atomic E-state index is 12.2. The Bertz CT molecular complexity index is 820. The second-order valence-corrected chi connectivity index (χ2v) is 4.74. The van der Waals surface area contributed by atoms with E-state index in [-0.39, 0.29) is 11.3 Å². The number of carbonyl (C=O) groups excluding carboxylic acids is 1. The molecule has 0 bridgehead atoms. The van der Waals surface area contributed by atoms with Gasteiger partial charge in [-0.05, 0) is 30.3 Å². The number of alkyl halides is 2. The SMILES string of the molecule is O=C(Nc1ccc(-n2ccnc2)nc1)c1cccc(OC(F)F)c1. The first-order valence-electron chi connectivity index (χ1n) is 6.92. The molecule has 122 valence electrons. The van der Waals surface area contributed by atoms with E-state index in [9.17, 15) is 13.6 Å². The van der Waals surface area contributed by atoms with Crippen molar-refractivity contribution in [2.75, 3.05) is 5.32 Å². The summed E-state index contributed by atoms with van der Waals surface area (Å²) in [6.45, 7) is -2.94. The van der Waals surface area contributed by atoms with Crippen molar-refractivity contribution in [3.8, 4) is 11.6 Å². The highest BCUT2D eigenvalue weighted by atomic mass is 19.3. The van der Waals surface area contributed by atoms with Crippen LogP contribution >= 0.6 is 0 Å². The third-order valence-corrected chi connectivity index (χ3v) is 3.10. The van der Waals surface area contributed by atoms with Crippen LogP contribution < -0.4 is 10.1 Å². The number of amides is 1. The summed E-state index contributed by atoms with van der Waals surface area (Å²) >= 11 is 0. The number of carbonyl (C=O) groups is 1. The van der Waals surface area contributed by atoms with E-state index in [1.54, 1.807) is 35.4 Å². The predicted molar refractivity (Wildman–Crippen MR) is 82.4 cm³/mol. The van der Waals surface area contributed by atoms with Crippen LogP contribution in [-0.2, 0) is 0 Å². The van der Waals surface area contributed by atoms with Gasteiger partial charge in [0, 0.05) is 18.0 Å². The molecule has 1 N–H and O–H groups in total. The van der Waals surface area contributed by atoms with Gasteiger partial charge in [0.15, 0.2) is 0 Å². The number of hydrogen-bond acceptors (Lipinski definition) is 4. The van der Waals surface area contributed by atoms with Gasteiger partial charge < -0.3 is 10.1 Å². The number of nitrogens with zero attached hydrogens (tertiary/aromatic N) is 3. The van der Waals surface area contributed by atoms with Gasteiger partial charge in [0.2, 0.25) is 0 Å². The molecule has 1 amide bonds. The molecule has 0 fully saturated rings. The van der Waals surface area contributed by atoms with Crippen LogP contribution in [0.25, 0.3) is 5.82 Å². The first kappa shape index (κ1) is 15.6. The minimum Gasteiger partial charge on any atom is -0.435 e. The average molecular weight is 330 g/mol. The highest BCUT2D eigenvalue weighted by molar-refractivity contribution is 6.04. The molecule has 0 aliphatic carbocycles. The molecule has 6 nitrogen and oxygen atoms in total. The number of anilines is 1. The summed E-state index contributed by atoms with van der Waals surface area (Å²) in [5, 5.41) is 2.64. The van der Waals surface area contributed by atoms with Gasteiger partial charge >= 0.3 is 6.61 Å². The van der Waals surface area contributed by atoms with E-state index < -0.39 is 12.5 Å². The number of aromatic nitrogens is 3. The molecule has 0 aliphatic rings. The molecule has 2 heterocycles. The highest BCUT2D eigenvalue weighted by Crippen LogP contribution is 2.17. The van der Waals surface area contributed by atoms with E-state index >= 15 is 0 Å². The van der Waals surface area contributed by atoms with Gasteiger partial charge in [0.25, 0.3) is 5.91 Å². The maximum atomic E-state index is 12.2. The van der Waals surface area contributed by atoms with Gasteiger partial charge in [-0.15, -0.1) is 0 Å². The number of benzene rings is 1. The zero-order valence-corrected chi connectivity index (χ0v) is 12.3. The van der Waals surface area contributed by atoms with Crippen molar-refractivity contribution in [3.63, 3.8) is 0 Å². The van der Waals surface area contributed by atoms with Gasteiger partial charge in [-0.3, -0.25) is 9.36 Å². The van der Waals surface area contributed by atoms with Crippen LogP contribution in [0.4, 0.5) is 14.5 Å². The van der Waals surface area contributed by atoms with Crippen LogP contribution in [0.3, 0.4) is 0 Å². The van der Waals surface area contributed by atoms with Crippen molar-refractivity contribution >= 4 is 11.6 Å². The fraction of sp³-hybridized carbons (Fsp3) is 0.0625. The molecular weight excluding hydrogens is 318 g/mol. The molecule has 8 heteroatoms. The smallest absolute Gasteiger partial charge is 0.387 e. The summed E-state index contributed by atoms with van der Waals surface area (Å²) in [5.41, 5.74) is 0.677. The quantitative estimate of drug-likeness (QED) is 0.780. The molecule has 0 atom stereocenters. The molecule has 3 rings (SSSR count). The lowest BCUT2D eigenvalue weighted by molar-refractivity contribution is -0.0498. The average Bonchev–Trinajstić information content (AvgIpc) is 3.09. The van der Waals surface area contributed by atoms with E-state index in [1.165, 1.54) is 30.5 Å². The Hall–Kier alpha value is -3.29. The minimum absolute atomic E-state index is 0.0776. The van der Waals surface area contributed by atoms with Crippen molar-refractivity contribution in [2.45, 2.75) is 6.61 Å². The number of ether oxygens (including phenoxy) is 1. The number of imidazole rings is 1. The van der Waals surface area contributed by atoms with Crippen LogP contribution in [0, 0.1) is 0 Å². The van der Waals surface area contributed by atoms with Crippen molar-refractivity contribution < 1.29 is 18.3 Å². The minimum atomic E-state index is -2.94. The summed E-state index contributed by atoms with van der Waals surface area (Å²) < 4.78 is 30.4. The fourth-order valence-electron chi connectivity index (χ4n) is 2.02. The standard InChI is InChI=1S/C16H12F2N4O2/c17-16(18)24-13-3-1-2-11(8-13)15(23)21-12-4-5-14(20-9-12)22-7-6-19-10-22/h1-10,16H,(H,21,23). The maximum Gasteiger partial charge on any atom is 0.387 e. The molecule has 0 radical (unpaired) electrons. The van der Waals surface area contributed by atoms with E-state index in [0.717, 1.165) is 0 Å². The summed E-state index contributed by atoms with van der Waals surface area (Å²) in [5.74, 6) is 0.121. The number of nitrogens with one attached hydrogen (secondary N) is 1. The first-order valence-corrected chi connectivity index (χ1v) is 6.92. The lowest BCUT2D eigenvalue weighted by atomic mass is 10.2. The van der Waals surface area contributed by atoms with Gasteiger partial charge in [0.1, 0.15) is 17.9 Å². The van der Waals surface area contributed by atoms with E-state index in [4.69, 9.17) is 0 Å². The van der Waals surface area contributed by atoms with E-state index in [2.05, 4.69) is 20.0 Å². The Morgan fingerprint density at radius 1 is 1.25 bits per heavy atom. The van der Waals surface area contributed by atoms with Crippen LogP contribution in [0.15, 0.2) is 61.3 Å². The van der Waals surface area contributed by atoms with Gasteiger partial charge in [-0.2, -0.15) is 8.78 Å². The summed E-state index contributed by atoms with van der Waals surface area (Å²) in [4.78, 5) is 20.3. The topological polar surface area (TPSA) is 69.0 Å². The Kier molecular flexibility index (Phi) is 4.46. The number of halogens is 2. The largest absolute Gasteiger partial charge is 0.435 e. The summed E-state index contributed by atoms with van der Waals surface area (Å²) in [6, 6.07) is 8.96. The summed E-state index contributed by atoms with van der Waals surface area (Å²) in [7, 11) is 0. The van der Waals surface area contributed by atoms with Crippen LogP contribution in [0.2, 0.25) is 0 Å². The molecule has 0 saturated carbocycles. The molecule has 0 spiro atoms. The van der Waals surface area contributed by atoms with Gasteiger partial charge in [0.05, 0.1) is 11.9 Å². The second-order valence-electron chi connectivity index (χ2n) is 4.74. The number of pyridine rings is 1. The number of rotatable bonds is 5. The van der Waals surface area contributed by atoms with Crippen LogP contribution in [0.5, 0.6) is 5.75 Å². The zero-order valence-electron chi connectivity index (χ0n) is 12.3. The molecule has 1 aromatic carbocycles. The molecular formula is C16H12F2N4O2. The van der Waals surface area contributed by atoms with E-state index in [0.29, 0.717) is 11.5 Å². The van der Waals surface area contributed by atoms with Crippen molar-refractivity contribution in [2.24, 2.45) is 0 Å². The second kappa shape index (κ2) is 6.86. The first-order chi connectivity index (χ1) is 11.6. The Morgan fingerprint density at radius 2 is 2.12 bits per heavy atom. The van der Waals surface area contributed by atoms with Gasteiger partial charge in [-0.1, -0.05) is 6.07 Å². The Labute approximate surface area is 135 Å². The Balaban J connectivity index is 1.70. The number of hydrogen-bond donors (Lipinski definition) is 1. The third-order valence-electron chi connectivity index (χ3n) is 3.10. The van der Waals surface area contributed by atoms with E-state index in [1.807, 2.05) is 0 Å². The normalized spacial score (nSPS) is 10.6. The van der Waals surface area contributed by atoms with Crippen molar-refractivity contribution in [3.05, 3.63) is 66.9 Å². The lowest BCUT2D eigenvalue weighted by Crippen LogP contribution is -2.12. The monoisotopic (exact) mass is 330 g/mol. The molecule has 0 unspecified atom stereocenters. The van der Waals surface area contributed by atoms with Gasteiger partial charge in [-0.25, -0.2) is 9.97 Å². The molecule has 3 aromatic rings. The zero-order chi connectivity index (χ0) is 16.9. The van der Waals surface area contributed by atoms with Crippen molar-refractivity contribution in [1.29, 1.82) is 0 Å². The lowest BCUT2D eigenvalue weighted by Gasteiger charge is -2.08. The van der Waals surface area contributed by atoms with Crippen LogP contribution in [0.1, 0.15) is 10.4 Å².